The standard InChI is InChI=1S/C21H44N2Si/c1-7-9-10-13-18-16-19(23-14-11-12-15-23)17-20(18)24(6,8-2)22-21(3,4)5/h18-20,22H,7-17H2,1-6H3/t18?,19?,20?,24-/m0/s1. The smallest absolute Gasteiger partial charge is 0.126 e. The molecule has 0 bridgehead atoms. The number of hydrogen-bond donors (Lipinski definition) is 1. The minimum absolute atomic E-state index is 0.261. The fraction of sp³-hybridized carbons (Fsp3) is 1.00. The third-order valence-electron chi connectivity index (χ3n) is 6.72. The Morgan fingerprint density at radius 1 is 1.04 bits per heavy atom. The molecule has 4 atom stereocenters. The summed E-state index contributed by atoms with van der Waals surface area (Å²) in [6.45, 7) is 17.3. The van der Waals surface area contributed by atoms with Crippen LogP contribution in [0.3, 0.4) is 0 Å². The van der Waals surface area contributed by atoms with Crippen LogP contribution in [-0.4, -0.2) is 37.8 Å². The number of nitrogens with one attached hydrogen (secondary N) is 1. The van der Waals surface area contributed by atoms with Gasteiger partial charge in [0.1, 0.15) is 8.24 Å². The molecule has 142 valence electrons. The molecule has 2 nitrogen and oxygen atoms in total. The van der Waals surface area contributed by atoms with Crippen LogP contribution < -0.4 is 4.98 Å². The van der Waals surface area contributed by atoms with Crippen LogP contribution in [0.15, 0.2) is 0 Å². The van der Waals surface area contributed by atoms with E-state index in [0.29, 0.717) is 0 Å². The van der Waals surface area contributed by atoms with Crippen LogP contribution in [0.2, 0.25) is 18.1 Å². The SMILES string of the molecule is CCCCCC1CC(N2CCCC2)CC1[Si@](C)(CC)NC(C)(C)C. The second-order valence-electron chi connectivity index (χ2n) is 9.88. The van der Waals surface area contributed by atoms with E-state index in [1.165, 1.54) is 70.5 Å². The molecule has 0 radical (unpaired) electrons. The lowest BCUT2D eigenvalue weighted by molar-refractivity contribution is 0.239. The Hall–Kier alpha value is 0.137. The number of nitrogens with zero attached hydrogens (tertiary/aromatic N) is 1. The van der Waals surface area contributed by atoms with Gasteiger partial charge >= 0.3 is 0 Å². The first-order valence-corrected chi connectivity index (χ1v) is 13.6. The zero-order valence-corrected chi connectivity index (χ0v) is 18.5. The van der Waals surface area contributed by atoms with Crippen molar-refractivity contribution in [1.82, 2.24) is 9.88 Å². The van der Waals surface area contributed by atoms with Crippen molar-refractivity contribution >= 4 is 8.24 Å². The molecule has 2 fully saturated rings. The van der Waals surface area contributed by atoms with Crippen molar-refractivity contribution < 1.29 is 0 Å². The number of hydrogen-bond acceptors (Lipinski definition) is 2. The van der Waals surface area contributed by atoms with E-state index >= 15 is 0 Å². The molecule has 3 heteroatoms. The van der Waals surface area contributed by atoms with E-state index in [1.54, 1.807) is 0 Å². The van der Waals surface area contributed by atoms with Crippen molar-refractivity contribution in [3.05, 3.63) is 0 Å². The summed E-state index contributed by atoms with van der Waals surface area (Å²) in [5.74, 6) is 0.980. The van der Waals surface area contributed by atoms with Gasteiger partial charge in [-0.1, -0.05) is 46.1 Å². The van der Waals surface area contributed by atoms with Gasteiger partial charge in [0, 0.05) is 11.6 Å². The van der Waals surface area contributed by atoms with Crippen LogP contribution >= 0.6 is 0 Å². The molecule has 0 amide bonds. The third-order valence-corrected chi connectivity index (χ3v) is 11.9. The van der Waals surface area contributed by atoms with E-state index in [1.807, 2.05) is 0 Å². The summed E-state index contributed by atoms with van der Waals surface area (Å²) in [4.78, 5) is 7.02. The minimum atomic E-state index is -1.42. The van der Waals surface area contributed by atoms with Crippen LogP contribution in [0.5, 0.6) is 0 Å². The highest BCUT2D eigenvalue weighted by Crippen LogP contribution is 2.48. The van der Waals surface area contributed by atoms with Crippen LogP contribution in [0.25, 0.3) is 0 Å². The highest BCUT2D eigenvalue weighted by molar-refractivity contribution is 6.77. The zero-order chi connectivity index (χ0) is 17.8. The monoisotopic (exact) mass is 352 g/mol. The van der Waals surface area contributed by atoms with Crippen molar-refractivity contribution in [3.63, 3.8) is 0 Å². The maximum absolute atomic E-state index is 4.18. The van der Waals surface area contributed by atoms with Gasteiger partial charge in [0.15, 0.2) is 0 Å². The molecule has 1 N–H and O–H groups in total. The van der Waals surface area contributed by atoms with Crippen molar-refractivity contribution in [2.45, 2.75) is 116 Å². The van der Waals surface area contributed by atoms with Gasteiger partial charge in [0.05, 0.1) is 0 Å². The number of likely N-dealkylation sites (tertiary alicyclic amines) is 1. The lowest BCUT2D eigenvalue weighted by atomic mass is 9.99. The van der Waals surface area contributed by atoms with Gasteiger partial charge in [0.25, 0.3) is 0 Å². The summed E-state index contributed by atoms with van der Waals surface area (Å²) in [6.07, 6.45) is 11.6. The molecule has 1 heterocycles. The highest BCUT2D eigenvalue weighted by atomic mass is 28.3. The van der Waals surface area contributed by atoms with Gasteiger partial charge in [-0.05, 0) is 77.0 Å². The van der Waals surface area contributed by atoms with Gasteiger partial charge in [0.2, 0.25) is 0 Å². The fourth-order valence-corrected chi connectivity index (χ4v) is 10.3. The molecule has 24 heavy (non-hydrogen) atoms. The van der Waals surface area contributed by atoms with Crippen LogP contribution in [0.1, 0.15) is 86.0 Å². The van der Waals surface area contributed by atoms with E-state index in [0.717, 1.165) is 17.5 Å². The molecular weight excluding hydrogens is 308 g/mol. The molecule has 1 saturated heterocycles. The molecule has 0 aromatic carbocycles. The fourth-order valence-electron chi connectivity index (χ4n) is 5.56. The predicted octanol–water partition coefficient (Wildman–Crippen LogP) is 5.79. The van der Waals surface area contributed by atoms with E-state index < -0.39 is 8.24 Å². The Bertz CT molecular complexity index is 373. The summed E-state index contributed by atoms with van der Waals surface area (Å²) < 4.78 is 0. The van der Waals surface area contributed by atoms with E-state index in [2.05, 4.69) is 51.0 Å². The molecule has 2 aliphatic rings. The van der Waals surface area contributed by atoms with Crippen molar-refractivity contribution in [2.24, 2.45) is 5.92 Å². The normalized spacial score (nSPS) is 31.5. The lowest BCUT2D eigenvalue weighted by Gasteiger charge is -2.42. The Labute approximate surface area is 153 Å². The Kier molecular flexibility index (Phi) is 7.40. The average molecular weight is 353 g/mol. The molecule has 0 aromatic heterocycles. The highest BCUT2D eigenvalue weighted by Gasteiger charge is 2.48. The van der Waals surface area contributed by atoms with Crippen molar-refractivity contribution in [3.8, 4) is 0 Å². The van der Waals surface area contributed by atoms with Gasteiger partial charge < -0.3 is 9.88 Å². The minimum Gasteiger partial charge on any atom is -0.332 e. The van der Waals surface area contributed by atoms with E-state index in [9.17, 15) is 0 Å². The molecular formula is C21H44N2Si. The average Bonchev–Trinajstić information content (AvgIpc) is 3.15. The maximum Gasteiger partial charge on any atom is 0.126 e. The zero-order valence-electron chi connectivity index (χ0n) is 17.5. The van der Waals surface area contributed by atoms with Crippen LogP contribution in [0.4, 0.5) is 0 Å². The summed E-state index contributed by atoms with van der Waals surface area (Å²) in [5, 5.41) is 0. The molecule has 0 spiro atoms. The van der Waals surface area contributed by atoms with E-state index in [-0.39, 0.29) is 5.54 Å². The molecule has 2 rings (SSSR count). The first-order valence-electron chi connectivity index (χ1n) is 10.8. The Morgan fingerprint density at radius 3 is 2.25 bits per heavy atom. The quantitative estimate of drug-likeness (QED) is 0.439. The van der Waals surface area contributed by atoms with Gasteiger partial charge in [-0.25, -0.2) is 0 Å². The second-order valence-corrected chi connectivity index (χ2v) is 14.4. The Balaban J connectivity index is 2.11. The van der Waals surface area contributed by atoms with Crippen LogP contribution in [-0.2, 0) is 0 Å². The van der Waals surface area contributed by atoms with Crippen molar-refractivity contribution in [1.29, 1.82) is 0 Å². The second kappa shape index (κ2) is 8.68. The first kappa shape index (κ1) is 20.4. The number of rotatable bonds is 8. The Morgan fingerprint density at radius 2 is 1.71 bits per heavy atom. The summed E-state index contributed by atoms with van der Waals surface area (Å²) >= 11 is 0. The maximum atomic E-state index is 4.18. The van der Waals surface area contributed by atoms with E-state index in [4.69, 9.17) is 0 Å². The molecule has 3 unspecified atom stereocenters. The first-order chi connectivity index (χ1) is 11.3. The van der Waals surface area contributed by atoms with Crippen molar-refractivity contribution in [2.75, 3.05) is 13.1 Å². The summed E-state index contributed by atoms with van der Waals surface area (Å²) in [5.41, 5.74) is 1.24. The topological polar surface area (TPSA) is 15.3 Å². The number of unbranched alkanes of at least 4 members (excludes halogenated alkanes) is 2. The molecule has 1 aliphatic carbocycles. The largest absolute Gasteiger partial charge is 0.332 e. The lowest BCUT2D eigenvalue weighted by Crippen LogP contribution is -2.59. The van der Waals surface area contributed by atoms with Gasteiger partial charge in [-0.2, -0.15) is 0 Å². The predicted molar refractivity (Wildman–Crippen MR) is 110 cm³/mol. The summed E-state index contributed by atoms with van der Waals surface area (Å²) in [6, 6.07) is 2.27. The summed E-state index contributed by atoms with van der Waals surface area (Å²) in [7, 11) is -1.42. The van der Waals surface area contributed by atoms with Gasteiger partial charge in [-0.15, -0.1) is 0 Å². The third kappa shape index (κ3) is 5.31. The van der Waals surface area contributed by atoms with Gasteiger partial charge in [-0.3, -0.25) is 0 Å². The van der Waals surface area contributed by atoms with Crippen LogP contribution in [0, 0.1) is 5.92 Å². The molecule has 0 aromatic rings. The molecule has 1 saturated carbocycles. The molecule has 1 aliphatic heterocycles.